The number of hydrogen-bond acceptors (Lipinski definition) is 8. The molecule has 4 aromatic rings. The molecule has 0 saturated heterocycles. The van der Waals surface area contributed by atoms with Crippen LogP contribution in [-0.2, 0) is 20.2 Å². The number of nitrogens with one attached hydrogen (secondary N) is 1. The number of likely N-dealkylation sites (N-methyl/N-ethyl adjacent to an activating group) is 1. The summed E-state index contributed by atoms with van der Waals surface area (Å²) in [7, 11) is 1.34. The van der Waals surface area contributed by atoms with E-state index in [0.29, 0.717) is 12.0 Å². The van der Waals surface area contributed by atoms with Crippen LogP contribution >= 0.6 is 0 Å². The van der Waals surface area contributed by atoms with Crippen LogP contribution in [-0.4, -0.2) is 69.8 Å². The van der Waals surface area contributed by atoms with Gasteiger partial charge in [0.2, 0.25) is 11.8 Å². The minimum absolute atomic E-state index is 0.0482. The van der Waals surface area contributed by atoms with Gasteiger partial charge < -0.3 is 19.3 Å². The molecule has 242 valence electrons. The molecule has 1 aliphatic carbocycles. The lowest BCUT2D eigenvalue weighted by Crippen LogP contribution is -2.43. The maximum atomic E-state index is 13.4. The number of carbonyl (C=O) groups is 1. The molecule has 1 spiro atoms. The van der Waals surface area contributed by atoms with Crippen LogP contribution in [0.25, 0.3) is 22.0 Å². The standard InChI is InChI=1S/C32H32F3N5O5S/c1-39(2)14-5-15-44-29-26(38-46(42,43)23-9-7-22(8-10-23)45-32(33,34)35)17-21(18-37-29)20-6-11-25-24(16-20)28-27(19-36-25)40(3)30(41)31(28)12-4-13-31/h6-11,16-19,38H,4-5,12-15H2,1-3H3. The van der Waals surface area contributed by atoms with Crippen molar-refractivity contribution in [3.05, 3.63) is 66.5 Å². The average Bonchev–Trinajstić information content (AvgIpc) is 3.21. The van der Waals surface area contributed by atoms with Crippen molar-refractivity contribution in [1.29, 1.82) is 0 Å². The van der Waals surface area contributed by atoms with Crippen LogP contribution in [0.15, 0.2) is 65.8 Å². The first-order chi connectivity index (χ1) is 21.8. The molecule has 2 aliphatic rings. The molecule has 1 N–H and O–H groups in total. The number of carbonyl (C=O) groups excluding carboxylic acids is 1. The topological polar surface area (TPSA) is 114 Å². The number of aromatic nitrogens is 2. The van der Waals surface area contributed by atoms with E-state index >= 15 is 0 Å². The van der Waals surface area contributed by atoms with Crippen LogP contribution in [0.5, 0.6) is 11.6 Å². The maximum absolute atomic E-state index is 13.4. The second-order valence-corrected chi connectivity index (χ2v) is 13.4. The Labute approximate surface area is 264 Å². The molecule has 1 saturated carbocycles. The second kappa shape index (κ2) is 11.7. The fourth-order valence-electron chi connectivity index (χ4n) is 6.02. The number of nitrogens with zero attached hydrogens (tertiary/aromatic N) is 4. The molecule has 1 fully saturated rings. The van der Waals surface area contributed by atoms with Crippen molar-refractivity contribution in [2.24, 2.45) is 0 Å². The van der Waals surface area contributed by atoms with Crippen LogP contribution in [0, 0.1) is 0 Å². The summed E-state index contributed by atoms with van der Waals surface area (Å²) in [5, 5.41) is 0.847. The number of hydrogen-bond donors (Lipinski definition) is 1. The quantitative estimate of drug-likeness (QED) is 0.216. The van der Waals surface area contributed by atoms with Gasteiger partial charge in [-0.3, -0.25) is 14.5 Å². The fraction of sp³-hybridized carbons (Fsp3) is 0.344. The lowest BCUT2D eigenvalue weighted by Gasteiger charge is -2.37. The number of halogens is 3. The van der Waals surface area contributed by atoms with E-state index in [0.717, 1.165) is 77.8 Å². The predicted molar refractivity (Wildman–Crippen MR) is 167 cm³/mol. The molecule has 2 aromatic heterocycles. The molecular weight excluding hydrogens is 623 g/mol. The minimum Gasteiger partial charge on any atom is -0.476 e. The van der Waals surface area contributed by atoms with Crippen molar-refractivity contribution in [3.63, 3.8) is 0 Å². The summed E-state index contributed by atoms with van der Waals surface area (Å²) in [6, 6.07) is 11.1. The van der Waals surface area contributed by atoms with Crippen LogP contribution in [0.3, 0.4) is 0 Å². The van der Waals surface area contributed by atoms with Crippen LogP contribution in [0.1, 0.15) is 31.2 Å². The molecule has 10 nitrogen and oxygen atoms in total. The van der Waals surface area contributed by atoms with Crippen LogP contribution in [0.4, 0.5) is 24.5 Å². The Kier molecular flexibility index (Phi) is 8.05. The molecule has 0 atom stereocenters. The highest BCUT2D eigenvalue weighted by Gasteiger charge is 2.54. The van der Waals surface area contributed by atoms with E-state index in [1.807, 2.05) is 37.2 Å². The van der Waals surface area contributed by atoms with Crippen molar-refractivity contribution in [1.82, 2.24) is 14.9 Å². The largest absolute Gasteiger partial charge is 0.573 e. The molecule has 0 bridgehead atoms. The van der Waals surface area contributed by atoms with Crippen molar-refractivity contribution >= 4 is 38.2 Å². The zero-order valence-corrected chi connectivity index (χ0v) is 26.2. The Hall–Kier alpha value is -4.43. The van der Waals surface area contributed by atoms with E-state index in [4.69, 9.17) is 4.74 Å². The first-order valence-corrected chi connectivity index (χ1v) is 16.1. The van der Waals surface area contributed by atoms with E-state index in [1.165, 1.54) is 0 Å². The third-order valence-electron chi connectivity index (χ3n) is 8.39. The molecule has 1 amide bonds. The minimum atomic E-state index is -4.91. The Bertz CT molecular complexity index is 1910. The van der Waals surface area contributed by atoms with Crippen LogP contribution < -0.4 is 19.1 Å². The molecule has 14 heteroatoms. The van der Waals surface area contributed by atoms with Crippen molar-refractivity contribution in [3.8, 4) is 22.8 Å². The van der Waals surface area contributed by atoms with Gasteiger partial charge in [0.1, 0.15) is 11.4 Å². The number of sulfonamides is 1. The number of fused-ring (bicyclic) bond motifs is 4. The Balaban J connectivity index is 1.36. The molecule has 46 heavy (non-hydrogen) atoms. The van der Waals surface area contributed by atoms with Gasteiger partial charge in [-0.15, -0.1) is 13.2 Å². The van der Waals surface area contributed by atoms with Crippen molar-refractivity contribution in [2.75, 3.05) is 43.9 Å². The molecule has 1 aliphatic heterocycles. The lowest BCUT2D eigenvalue weighted by molar-refractivity contribution is -0.274. The number of benzene rings is 2. The summed E-state index contributed by atoms with van der Waals surface area (Å²) in [6.45, 7) is 1.00. The molecule has 2 aromatic carbocycles. The first kappa shape index (κ1) is 31.5. The van der Waals surface area contributed by atoms with Crippen molar-refractivity contribution < 1.29 is 35.9 Å². The number of pyridine rings is 2. The maximum Gasteiger partial charge on any atom is 0.573 e. The summed E-state index contributed by atoms with van der Waals surface area (Å²) in [5.74, 6) is -0.429. The lowest BCUT2D eigenvalue weighted by atomic mass is 9.64. The number of ether oxygens (including phenoxy) is 2. The molecule has 3 heterocycles. The van der Waals surface area contributed by atoms with Gasteiger partial charge in [0.25, 0.3) is 10.0 Å². The van der Waals surface area contributed by atoms with Gasteiger partial charge in [0.15, 0.2) is 0 Å². The van der Waals surface area contributed by atoms with E-state index in [1.54, 1.807) is 30.4 Å². The predicted octanol–water partition coefficient (Wildman–Crippen LogP) is 5.72. The SMILES string of the molecule is CN(C)CCCOc1ncc(-c2ccc3ncc4c(c3c2)C2(CCC2)C(=O)N4C)cc1NS(=O)(=O)c1ccc(OC(F)(F)F)cc1. The molecular formula is C32H32F3N5O5S. The first-order valence-electron chi connectivity index (χ1n) is 14.7. The van der Waals surface area contributed by atoms with E-state index in [9.17, 15) is 26.4 Å². The van der Waals surface area contributed by atoms with E-state index in [-0.39, 0.29) is 29.0 Å². The third-order valence-corrected chi connectivity index (χ3v) is 9.78. The Morgan fingerprint density at radius 1 is 1.02 bits per heavy atom. The third kappa shape index (κ3) is 5.94. The summed E-state index contributed by atoms with van der Waals surface area (Å²) in [4.78, 5) is 25.7. The normalized spacial score (nSPS) is 15.7. The van der Waals surface area contributed by atoms with Crippen molar-refractivity contribution in [2.45, 2.75) is 42.4 Å². The molecule has 0 unspecified atom stereocenters. The van der Waals surface area contributed by atoms with E-state index in [2.05, 4.69) is 19.4 Å². The summed E-state index contributed by atoms with van der Waals surface area (Å²) in [5.41, 5.74) is 3.28. The summed E-state index contributed by atoms with van der Waals surface area (Å²) < 4.78 is 76.8. The van der Waals surface area contributed by atoms with Gasteiger partial charge >= 0.3 is 6.36 Å². The van der Waals surface area contributed by atoms with Gasteiger partial charge in [-0.1, -0.05) is 12.5 Å². The van der Waals surface area contributed by atoms with Crippen LogP contribution in [0.2, 0.25) is 0 Å². The van der Waals surface area contributed by atoms with E-state index < -0.39 is 27.6 Å². The molecule has 0 radical (unpaired) electrons. The van der Waals surface area contributed by atoms with Gasteiger partial charge in [0, 0.05) is 36.3 Å². The zero-order chi connectivity index (χ0) is 32.9. The number of rotatable bonds is 10. The monoisotopic (exact) mass is 655 g/mol. The molecule has 6 rings (SSSR count). The Morgan fingerprint density at radius 3 is 2.41 bits per heavy atom. The number of anilines is 2. The highest BCUT2D eigenvalue weighted by molar-refractivity contribution is 7.92. The van der Waals surface area contributed by atoms with Gasteiger partial charge in [-0.05, 0) is 81.4 Å². The number of amides is 1. The van der Waals surface area contributed by atoms with Gasteiger partial charge in [0.05, 0.1) is 34.3 Å². The second-order valence-electron chi connectivity index (χ2n) is 11.8. The summed E-state index contributed by atoms with van der Waals surface area (Å²) >= 11 is 0. The highest BCUT2D eigenvalue weighted by atomic mass is 32.2. The highest BCUT2D eigenvalue weighted by Crippen LogP contribution is 2.55. The smallest absolute Gasteiger partial charge is 0.476 e. The number of alkyl halides is 3. The van der Waals surface area contributed by atoms with Gasteiger partial charge in [-0.25, -0.2) is 13.4 Å². The fourth-order valence-corrected chi connectivity index (χ4v) is 7.07. The zero-order valence-electron chi connectivity index (χ0n) is 25.4. The van der Waals surface area contributed by atoms with Gasteiger partial charge in [-0.2, -0.15) is 0 Å². The average molecular weight is 656 g/mol. The Morgan fingerprint density at radius 2 is 1.76 bits per heavy atom. The summed E-state index contributed by atoms with van der Waals surface area (Å²) in [6.07, 6.45) is 1.56.